The number of hydrogen-bond donors (Lipinski definition) is 1. The fourth-order valence-electron chi connectivity index (χ4n) is 7.86. The van der Waals surface area contributed by atoms with Crippen molar-refractivity contribution in [3.8, 4) is 0 Å². The predicted octanol–water partition coefficient (Wildman–Crippen LogP) is 17.3. The first kappa shape index (κ1) is 62.3. The van der Waals surface area contributed by atoms with Crippen LogP contribution in [0, 0.1) is 0 Å². The number of allylic oxidation sites excluding steroid dienone is 7. The zero-order valence-corrected chi connectivity index (χ0v) is 42.6. The molecule has 8 nitrogen and oxygen atoms in total. The van der Waals surface area contributed by atoms with Gasteiger partial charge in [0, 0.05) is 18.9 Å². The molecule has 0 heterocycles. The number of hydrogen-bond acceptors (Lipinski definition) is 8. The Hall–Kier alpha value is -2.71. The Morgan fingerprint density at radius 1 is 0.400 bits per heavy atom. The molecule has 1 atom stereocenters. The molecule has 0 amide bonds. The molecule has 0 spiro atoms. The summed E-state index contributed by atoms with van der Waals surface area (Å²) in [5, 5.41) is 9.19. The number of rotatable bonds is 50. The number of carbonyl (C=O) groups excluding carboxylic acids is 3. The molecular weight excluding hydrogens is 813 g/mol. The van der Waals surface area contributed by atoms with Gasteiger partial charge >= 0.3 is 17.9 Å². The van der Waals surface area contributed by atoms with Crippen LogP contribution < -0.4 is 0 Å². The number of carbonyl (C=O) groups is 3. The third kappa shape index (κ3) is 49.0. The quantitative estimate of drug-likeness (QED) is 0.00939. The highest BCUT2D eigenvalue weighted by molar-refractivity contribution is 5.82. The average molecular weight is 915 g/mol. The molecule has 8 heteroatoms. The van der Waals surface area contributed by atoms with Crippen LogP contribution in [0.15, 0.2) is 48.6 Å². The minimum Gasteiger partial charge on any atom is -0.462 e. The van der Waals surface area contributed by atoms with Crippen LogP contribution in [0.25, 0.3) is 0 Å². The van der Waals surface area contributed by atoms with Gasteiger partial charge in [0.25, 0.3) is 0 Å². The summed E-state index contributed by atoms with van der Waals surface area (Å²) >= 11 is 0. The zero-order chi connectivity index (χ0) is 47.4. The van der Waals surface area contributed by atoms with Crippen LogP contribution >= 0.6 is 0 Å². The smallest absolute Gasteiger partial charge is 0.331 e. The van der Waals surface area contributed by atoms with Gasteiger partial charge in [-0.05, 0) is 89.9 Å². The van der Waals surface area contributed by atoms with E-state index < -0.39 is 12.1 Å². The summed E-state index contributed by atoms with van der Waals surface area (Å²) in [6.45, 7) is 6.41. The molecule has 0 fully saturated rings. The lowest BCUT2D eigenvalue weighted by Crippen LogP contribution is -2.30. The van der Waals surface area contributed by atoms with E-state index >= 15 is 0 Å². The molecular formula is C57H102O8. The van der Waals surface area contributed by atoms with E-state index in [0.29, 0.717) is 12.8 Å². The molecule has 0 aromatic heterocycles. The summed E-state index contributed by atoms with van der Waals surface area (Å²) < 4.78 is 16.6. The minimum absolute atomic E-state index is 0.0562. The highest BCUT2D eigenvalue weighted by Crippen LogP contribution is 2.16. The molecule has 1 unspecified atom stereocenters. The van der Waals surface area contributed by atoms with Crippen molar-refractivity contribution in [2.24, 2.45) is 0 Å². The summed E-state index contributed by atoms with van der Waals surface area (Å²) in [5.74, 6) is -1.23. The molecule has 0 aromatic rings. The predicted molar refractivity (Wildman–Crippen MR) is 273 cm³/mol. The van der Waals surface area contributed by atoms with Gasteiger partial charge in [0.1, 0.15) is 13.2 Å². The lowest BCUT2D eigenvalue weighted by atomic mass is 10.0. The molecule has 0 saturated carbocycles. The number of esters is 3. The fourth-order valence-corrected chi connectivity index (χ4v) is 7.86. The third-order valence-corrected chi connectivity index (χ3v) is 12.1. The van der Waals surface area contributed by atoms with Crippen molar-refractivity contribution in [3.63, 3.8) is 0 Å². The summed E-state index contributed by atoms with van der Waals surface area (Å²) in [4.78, 5) is 42.6. The summed E-state index contributed by atoms with van der Waals surface area (Å²) in [7, 11) is 0. The molecule has 0 aliphatic carbocycles. The SMILES string of the molecule is CCCCCCCC/C=C\CCCCCCCC(=O)OCC(COC(=O)CCCCCCC/C=C\CCCCCCCC)OC(=O)C=CC=CCCCCCCC(CCCCCC)OO. The van der Waals surface area contributed by atoms with E-state index in [0.717, 1.165) is 116 Å². The second-order valence-corrected chi connectivity index (χ2v) is 18.4. The molecule has 0 bridgehead atoms. The Labute approximate surface area is 400 Å². The van der Waals surface area contributed by atoms with Crippen molar-refractivity contribution < 1.29 is 38.7 Å². The van der Waals surface area contributed by atoms with E-state index in [9.17, 15) is 19.6 Å². The van der Waals surface area contributed by atoms with Gasteiger partial charge < -0.3 is 14.2 Å². The van der Waals surface area contributed by atoms with Crippen molar-refractivity contribution in [3.05, 3.63) is 48.6 Å². The Bertz CT molecular complexity index is 1100. The van der Waals surface area contributed by atoms with Crippen molar-refractivity contribution in [1.29, 1.82) is 0 Å². The molecule has 65 heavy (non-hydrogen) atoms. The maximum absolute atomic E-state index is 12.7. The van der Waals surface area contributed by atoms with Crippen LogP contribution in [0.2, 0.25) is 0 Å². The van der Waals surface area contributed by atoms with E-state index in [2.05, 4.69) is 50.0 Å². The molecule has 0 rings (SSSR count). The lowest BCUT2D eigenvalue weighted by Gasteiger charge is -2.17. The van der Waals surface area contributed by atoms with Crippen LogP contribution in [0.3, 0.4) is 0 Å². The number of unbranched alkanes of at least 4 members (excludes halogenated alkanes) is 29. The van der Waals surface area contributed by atoms with Gasteiger partial charge in [0.2, 0.25) is 0 Å². The van der Waals surface area contributed by atoms with Gasteiger partial charge in [-0.25, -0.2) is 9.68 Å². The van der Waals surface area contributed by atoms with E-state index in [-0.39, 0.29) is 31.3 Å². The Morgan fingerprint density at radius 2 is 0.738 bits per heavy atom. The normalized spacial score (nSPS) is 12.4. The van der Waals surface area contributed by atoms with Crippen molar-refractivity contribution >= 4 is 17.9 Å². The molecule has 0 aliphatic heterocycles. The minimum atomic E-state index is -0.876. The molecule has 0 saturated heterocycles. The standard InChI is InChI=1S/C57H102O8/c1-4-7-10-13-15-17-19-21-23-25-27-29-34-38-43-48-55(58)62-51-54(52-63-56(59)49-44-39-35-30-28-26-24-22-20-18-16-14-11-8-5-2)64-57(60)50-45-40-36-32-31-33-37-42-47-53(65-61)46-41-12-9-6-3/h21-24,36,40,45,50,53-54,61H,4-20,25-35,37-39,41-44,46-49,51-52H2,1-3H3/b23-21-,24-22-,40-36?,50-45?. The van der Waals surface area contributed by atoms with E-state index in [1.165, 1.54) is 128 Å². The van der Waals surface area contributed by atoms with Crippen molar-refractivity contribution in [1.82, 2.24) is 0 Å². The fraction of sp³-hybridized carbons (Fsp3) is 0.807. The molecule has 0 aliphatic rings. The molecule has 0 radical (unpaired) electrons. The Balaban J connectivity index is 4.55. The van der Waals surface area contributed by atoms with Crippen LogP contribution in [-0.4, -0.2) is 48.6 Å². The second kappa shape index (κ2) is 52.3. The monoisotopic (exact) mass is 915 g/mol. The van der Waals surface area contributed by atoms with Crippen LogP contribution in [0.1, 0.15) is 271 Å². The maximum Gasteiger partial charge on any atom is 0.331 e. The van der Waals surface area contributed by atoms with Gasteiger partial charge in [-0.1, -0.05) is 211 Å². The van der Waals surface area contributed by atoms with E-state index in [4.69, 9.17) is 14.2 Å². The van der Waals surface area contributed by atoms with Gasteiger partial charge in [-0.15, -0.1) is 0 Å². The Kier molecular flexibility index (Phi) is 50.1. The van der Waals surface area contributed by atoms with Crippen LogP contribution in [0.4, 0.5) is 0 Å². The lowest BCUT2D eigenvalue weighted by molar-refractivity contribution is -0.281. The zero-order valence-electron chi connectivity index (χ0n) is 42.6. The van der Waals surface area contributed by atoms with Gasteiger partial charge in [0.05, 0.1) is 6.10 Å². The maximum atomic E-state index is 12.7. The first-order valence-corrected chi connectivity index (χ1v) is 27.4. The van der Waals surface area contributed by atoms with Gasteiger partial charge in [-0.2, -0.15) is 0 Å². The van der Waals surface area contributed by atoms with Gasteiger partial charge in [-0.3, -0.25) is 14.8 Å². The first-order valence-electron chi connectivity index (χ1n) is 27.4. The average Bonchev–Trinajstić information content (AvgIpc) is 3.31. The van der Waals surface area contributed by atoms with Gasteiger partial charge in [0.15, 0.2) is 6.10 Å². The summed E-state index contributed by atoms with van der Waals surface area (Å²) in [5.41, 5.74) is 0. The topological polar surface area (TPSA) is 108 Å². The molecule has 378 valence electrons. The second-order valence-electron chi connectivity index (χ2n) is 18.4. The largest absolute Gasteiger partial charge is 0.462 e. The van der Waals surface area contributed by atoms with Crippen molar-refractivity contribution in [2.45, 2.75) is 283 Å². The van der Waals surface area contributed by atoms with E-state index in [1.54, 1.807) is 6.08 Å². The molecule has 1 N–H and O–H groups in total. The highest BCUT2D eigenvalue weighted by atomic mass is 17.1. The molecule has 0 aromatic carbocycles. The highest BCUT2D eigenvalue weighted by Gasteiger charge is 2.18. The number of ether oxygens (including phenoxy) is 3. The van der Waals surface area contributed by atoms with Crippen LogP contribution in [0.5, 0.6) is 0 Å². The third-order valence-electron chi connectivity index (χ3n) is 12.1. The van der Waals surface area contributed by atoms with E-state index in [1.807, 2.05) is 12.2 Å². The van der Waals surface area contributed by atoms with Crippen LogP contribution in [-0.2, 0) is 33.5 Å². The Morgan fingerprint density at radius 3 is 1.14 bits per heavy atom. The summed E-state index contributed by atoms with van der Waals surface area (Å²) in [6.07, 6.45) is 58.5. The summed E-state index contributed by atoms with van der Waals surface area (Å²) in [6, 6.07) is 0. The first-order chi connectivity index (χ1) is 32.0. The van der Waals surface area contributed by atoms with Crippen molar-refractivity contribution in [2.75, 3.05) is 13.2 Å².